The lowest BCUT2D eigenvalue weighted by Gasteiger charge is -2.23. The Bertz CT molecular complexity index is 701. The lowest BCUT2D eigenvalue weighted by Crippen LogP contribution is -2.16. The predicted octanol–water partition coefficient (Wildman–Crippen LogP) is 5.09. The van der Waals surface area contributed by atoms with E-state index in [2.05, 4.69) is 24.4 Å². The Labute approximate surface area is 135 Å². The number of allylic oxidation sites excluding steroid dienone is 2. The topological polar surface area (TPSA) is 29.1 Å². The Morgan fingerprint density at radius 2 is 1.68 bits per heavy atom. The molecule has 0 bridgehead atoms. The molecule has 1 N–H and O–H groups in total. The molecular formula is C19H18ClNO. The molecular weight excluding hydrogens is 294 g/mol. The Hall–Kier alpha value is -2.06. The fourth-order valence-electron chi connectivity index (χ4n) is 2.77. The first-order valence-electron chi connectivity index (χ1n) is 7.43. The van der Waals surface area contributed by atoms with Crippen LogP contribution in [-0.4, -0.2) is 5.78 Å². The van der Waals surface area contributed by atoms with Gasteiger partial charge in [-0.05, 0) is 49.1 Å². The largest absolute Gasteiger partial charge is 0.359 e. The van der Waals surface area contributed by atoms with E-state index >= 15 is 0 Å². The average Bonchev–Trinajstić information content (AvgIpc) is 2.50. The van der Waals surface area contributed by atoms with Gasteiger partial charge in [-0.3, -0.25) is 4.79 Å². The van der Waals surface area contributed by atoms with Crippen molar-refractivity contribution in [2.24, 2.45) is 0 Å². The number of anilines is 1. The first-order valence-corrected chi connectivity index (χ1v) is 7.80. The third-order valence-electron chi connectivity index (χ3n) is 3.95. The van der Waals surface area contributed by atoms with Gasteiger partial charge in [-0.2, -0.15) is 0 Å². The van der Waals surface area contributed by atoms with Crippen LogP contribution in [0.1, 0.15) is 29.9 Å². The second-order valence-electron chi connectivity index (χ2n) is 5.78. The van der Waals surface area contributed by atoms with Crippen LogP contribution >= 0.6 is 11.6 Å². The number of ketones is 1. The second-order valence-corrected chi connectivity index (χ2v) is 6.22. The van der Waals surface area contributed by atoms with Gasteiger partial charge >= 0.3 is 0 Å². The van der Waals surface area contributed by atoms with E-state index in [1.807, 2.05) is 36.4 Å². The van der Waals surface area contributed by atoms with Crippen molar-refractivity contribution in [2.45, 2.75) is 25.7 Å². The molecule has 1 aliphatic carbocycles. The molecule has 22 heavy (non-hydrogen) atoms. The van der Waals surface area contributed by atoms with Crippen molar-refractivity contribution in [1.82, 2.24) is 0 Å². The van der Waals surface area contributed by atoms with Gasteiger partial charge in [0.1, 0.15) is 0 Å². The van der Waals surface area contributed by atoms with E-state index in [9.17, 15) is 4.79 Å². The molecule has 0 aromatic heterocycles. The van der Waals surface area contributed by atoms with Crippen LogP contribution in [0.25, 0.3) is 0 Å². The van der Waals surface area contributed by atoms with E-state index in [-0.39, 0.29) is 11.7 Å². The van der Waals surface area contributed by atoms with Gasteiger partial charge in [-0.1, -0.05) is 41.4 Å². The molecule has 2 aromatic rings. The van der Waals surface area contributed by atoms with Crippen LogP contribution in [0.4, 0.5) is 5.69 Å². The van der Waals surface area contributed by atoms with Gasteiger partial charge in [0.15, 0.2) is 5.78 Å². The summed E-state index contributed by atoms with van der Waals surface area (Å²) in [5, 5.41) is 4.09. The smallest absolute Gasteiger partial charge is 0.158 e. The zero-order valence-corrected chi connectivity index (χ0v) is 13.2. The second kappa shape index (κ2) is 6.37. The first kappa shape index (κ1) is 14.9. The third-order valence-corrected chi connectivity index (χ3v) is 4.20. The van der Waals surface area contributed by atoms with Gasteiger partial charge in [0.25, 0.3) is 0 Å². The summed E-state index contributed by atoms with van der Waals surface area (Å²) < 4.78 is 0. The van der Waals surface area contributed by atoms with Crippen molar-refractivity contribution in [2.75, 3.05) is 5.32 Å². The summed E-state index contributed by atoms with van der Waals surface area (Å²) in [6.45, 7) is 2.06. The Morgan fingerprint density at radius 3 is 2.36 bits per heavy atom. The zero-order chi connectivity index (χ0) is 15.5. The standard InChI is InChI=1S/C19H18ClNO/c1-13-2-8-17(9-3-13)21-18-10-15(11-19(22)12-18)14-4-6-16(20)7-5-14/h2-9,12,15,21H,10-11H2,1H3/t15-/m0/s1. The van der Waals surface area contributed by atoms with E-state index in [1.165, 1.54) is 5.56 Å². The summed E-state index contributed by atoms with van der Waals surface area (Å²) in [5.41, 5.74) is 4.37. The lowest BCUT2D eigenvalue weighted by atomic mass is 9.85. The van der Waals surface area contributed by atoms with Gasteiger partial charge in [-0.25, -0.2) is 0 Å². The van der Waals surface area contributed by atoms with E-state index in [0.29, 0.717) is 6.42 Å². The number of rotatable bonds is 3. The molecule has 3 heteroatoms. The van der Waals surface area contributed by atoms with Gasteiger partial charge < -0.3 is 5.32 Å². The fourth-order valence-corrected chi connectivity index (χ4v) is 2.90. The first-order chi connectivity index (χ1) is 10.6. The van der Waals surface area contributed by atoms with Gasteiger partial charge in [0.2, 0.25) is 0 Å². The minimum atomic E-state index is 0.167. The maximum Gasteiger partial charge on any atom is 0.158 e. The SMILES string of the molecule is Cc1ccc(NC2=CC(=O)C[C@@H](c3ccc(Cl)cc3)C2)cc1. The van der Waals surface area contributed by atoms with E-state index in [0.717, 1.165) is 28.4 Å². The molecule has 1 aliphatic rings. The fraction of sp³-hybridized carbons (Fsp3) is 0.211. The summed E-state index contributed by atoms with van der Waals surface area (Å²) >= 11 is 5.94. The molecule has 0 heterocycles. The van der Waals surface area contributed by atoms with E-state index in [1.54, 1.807) is 6.08 Å². The Balaban J connectivity index is 1.76. The molecule has 2 aromatic carbocycles. The van der Waals surface area contributed by atoms with Crippen LogP contribution in [-0.2, 0) is 4.79 Å². The van der Waals surface area contributed by atoms with Crippen LogP contribution in [0, 0.1) is 6.92 Å². The average molecular weight is 312 g/mol. The maximum atomic E-state index is 12.0. The molecule has 1 atom stereocenters. The molecule has 3 rings (SSSR count). The Morgan fingerprint density at radius 1 is 1.00 bits per heavy atom. The molecule has 0 saturated heterocycles. The molecule has 0 amide bonds. The highest BCUT2D eigenvalue weighted by molar-refractivity contribution is 6.30. The number of carbonyl (C=O) groups excluding carboxylic acids is 1. The molecule has 0 spiro atoms. The Kier molecular flexibility index (Phi) is 4.30. The van der Waals surface area contributed by atoms with E-state index in [4.69, 9.17) is 11.6 Å². The molecule has 0 fully saturated rings. The van der Waals surface area contributed by atoms with Crippen LogP contribution in [0.3, 0.4) is 0 Å². The van der Waals surface area contributed by atoms with Crippen LogP contribution in [0.5, 0.6) is 0 Å². The number of nitrogens with one attached hydrogen (secondary N) is 1. The zero-order valence-electron chi connectivity index (χ0n) is 12.5. The minimum Gasteiger partial charge on any atom is -0.359 e. The van der Waals surface area contributed by atoms with E-state index < -0.39 is 0 Å². The van der Waals surface area contributed by atoms with Crippen molar-refractivity contribution in [1.29, 1.82) is 0 Å². The summed E-state index contributed by atoms with van der Waals surface area (Å²) in [6, 6.07) is 16.0. The lowest BCUT2D eigenvalue weighted by molar-refractivity contribution is -0.115. The molecule has 2 nitrogen and oxygen atoms in total. The number of halogens is 1. The summed E-state index contributed by atoms with van der Waals surface area (Å²) in [6.07, 6.45) is 3.12. The summed E-state index contributed by atoms with van der Waals surface area (Å²) in [7, 11) is 0. The molecule has 0 unspecified atom stereocenters. The molecule has 0 radical (unpaired) electrons. The maximum absolute atomic E-state index is 12.0. The van der Waals surface area contributed by atoms with Crippen molar-refractivity contribution in [3.63, 3.8) is 0 Å². The van der Waals surface area contributed by atoms with Crippen molar-refractivity contribution in [3.8, 4) is 0 Å². The molecule has 0 aliphatic heterocycles. The van der Waals surface area contributed by atoms with Crippen LogP contribution in [0.15, 0.2) is 60.3 Å². The number of carbonyl (C=O) groups is 1. The quantitative estimate of drug-likeness (QED) is 0.855. The number of hydrogen-bond acceptors (Lipinski definition) is 2. The van der Waals surface area contributed by atoms with Crippen molar-refractivity contribution < 1.29 is 4.79 Å². The number of hydrogen-bond donors (Lipinski definition) is 1. The van der Waals surface area contributed by atoms with Gasteiger partial charge in [0.05, 0.1) is 0 Å². The summed E-state index contributed by atoms with van der Waals surface area (Å²) in [5.74, 6) is 0.378. The third kappa shape index (κ3) is 3.58. The van der Waals surface area contributed by atoms with Crippen molar-refractivity contribution in [3.05, 3.63) is 76.5 Å². The highest BCUT2D eigenvalue weighted by Gasteiger charge is 2.22. The predicted molar refractivity (Wildman–Crippen MR) is 91.3 cm³/mol. The molecule has 112 valence electrons. The van der Waals surface area contributed by atoms with Crippen LogP contribution in [0.2, 0.25) is 5.02 Å². The number of aryl methyl sites for hydroxylation is 1. The highest BCUT2D eigenvalue weighted by atomic mass is 35.5. The monoisotopic (exact) mass is 311 g/mol. The highest BCUT2D eigenvalue weighted by Crippen LogP contribution is 2.32. The minimum absolute atomic E-state index is 0.167. The number of benzene rings is 2. The summed E-state index contributed by atoms with van der Waals surface area (Å²) in [4.78, 5) is 12.0. The van der Waals surface area contributed by atoms with Gasteiger partial charge in [0, 0.05) is 28.9 Å². The van der Waals surface area contributed by atoms with Gasteiger partial charge in [-0.15, -0.1) is 0 Å². The normalized spacial score (nSPS) is 18.0. The van der Waals surface area contributed by atoms with Crippen LogP contribution < -0.4 is 5.32 Å². The van der Waals surface area contributed by atoms with Crippen molar-refractivity contribution >= 4 is 23.1 Å². The molecule has 0 saturated carbocycles.